The second-order valence-corrected chi connectivity index (χ2v) is 6.93. The maximum Gasteiger partial charge on any atom is 0.129 e. The summed E-state index contributed by atoms with van der Waals surface area (Å²) in [5.41, 5.74) is 2.42. The van der Waals surface area contributed by atoms with Gasteiger partial charge in [-0.2, -0.15) is 0 Å². The molecular formula is C18H22Br2N2O2. The van der Waals surface area contributed by atoms with Gasteiger partial charge in [-0.15, -0.1) is 17.0 Å². The summed E-state index contributed by atoms with van der Waals surface area (Å²) in [5.74, 6) is 0.584. The van der Waals surface area contributed by atoms with Gasteiger partial charge in [0.2, 0.25) is 0 Å². The van der Waals surface area contributed by atoms with E-state index in [2.05, 4.69) is 26.6 Å². The Balaban J connectivity index is 0.00000208. The summed E-state index contributed by atoms with van der Waals surface area (Å²) in [6.45, 7) is 1.84. The Hall–Kier alpha value is -1.08. The van der Waals surface area contributed by atoms with Crippen LogP contribution in [0.15, 0.2) is 46.9 Å². The minimum Gasteiger partial charge on any atom is -0.508 e. The van der Waals surface area contributed by atoms with Crippen molar-refractivity contribution in [1.82, 2.24) is 10.6 Å². The zero-order chi connectivity index (χ0) is 16.2. The Morgan fingerprint density at radius 2 is 1.42 bits per heavy atom. The lowest BCUT2D eigenvalue weighted by Crippen LogP contribution is -2.55. The Kier molecular flexibility index (Phi) is 7.10. The van der Waals surface area contributed by atoms with Crippen LogP contribution >= 0.6 is 32.9 Å². The zero-order valence-corrected chi connectivity index (χ0v) is 16.5. The molecule has 24 heavy (non-hydrogen) atoms. The van der Waals surface area contributed by atoms with Crippen LogP contribution in [0.1, 0.15) is 11.1 Å². The molecule has 130 valence electrons. The maximum atomic E-state index is 9.55. The van der Waals surface area contributed by atoms with Crippen molar-refractivity contribution in [1.29, 1.82) is 0 Å². The smallest absolute Gasteiger partial charge is 0.129 e. The first-order chi connectivity index (χ1) is 11.1. The van der Waals surface area contributed by atoms with E-state index in [0.717, 1.165) is 30.4 Å². The van der Waals surface area contributed by atoms with Gasteiger partial charge in [0.05, 0.1) is 4.47 Å². The van der Waals surface area contributed by atoms with Crippen LogP contribution in [0.2, 0.25) is 0 Å². The number of halogens is 2. The van der Waals surface area contributed by atoms with Crippen LogP contribution < -0.4 is 10.6 Å². The quantitative estimate of drug-likeness (QED) is 0.569. The molecular weight excluding hydrogens is 436 g/mol. The lowest BCUT2D eigenvalue weighted by Gasteiger charge is -2.31. The first-order valence-electron chi connectivity index (χ1n) is 7.82. The standard InChI is InChI=1S/C18H21BrN2O2.BrH/c19-17-9-13(3-6-18(17)23)8-15-11-20-14(10-21-15)7-12-1-4-16(22)5-2-12;/h1-6,9,14-15,20-23H,7-8,10-11H2;1H. The topological polar surface area (TPSA) is 64.5 Å². The van der Waals surface area contributed by atoms with Gasteiger partial charge in [0.25, 0.3) is 0 Å². The minimum atomic E-state index is 0. The van der Waals surface area contributed by atoms with Crippen molar-refractivity contribution in [2.24, 2.45) is 0 Å². The summed E-state index contributed by atoms with van der Waals surface area (Å²) >= 11 is 3.36. The first kappa shape index (κ1) is 19.2. The molecule has 1 aliphatic rings. The van der Waals surface area contributed by atoms with Crippen LogP contribution in [0.4, 0.5) is 0 Å². The van der Waals surface area contributed by atoms with Crippen LogP contribution in [0.25, 0.3) is 0 Å². The van der Waals surface area contributed by atoms with E-state index in [1.54, 1.807) is 18.2 Å². The summed E-state index contributed by atoms with van der Waals surface area (Å²) in [5, 5.41) is 26.1. The summed E-state index contributed by atoms with van der Waals surface area (Å²) in [4.78, 5) is 0. The molecule has 1 heterocycles. The highest BCUT2D eigenvalue weighted by Gasteiger charge is 2.20. The number of piperazine rings is 1. The SMILES string of the molecule is Br.Oc1ccc(CC2CNC(Cc3ccc(O)c(Br)c3)CN2)cc1. The van der Waals surface area contributed by atoms with E-state index >= 15 is 0 Å². The average molecular weight is 458 g/mol. The predicted octanol–water partition coefficient (Wildman–Crippen LogP) is 3.15. The fraction of sp³-hybridized carbons (Fsp3) is 0.333. The zero-order valence-electron chi connectivity index (χ0n) is 13.2. The highest BCUT2D eigenvalue weighted by molar-refractivity contribution is 9.10. The Bertz CT molecular complexity index is 657. The van der Waals surface area contributed by atoms with Gasteiger partial charge in [0, 0.05) is 25.2 Å². The number of hydrogen-bond donors (Lipinski definition) is 4. The molecule has 2 aromatic carbocycles. The molecule has 1 saturated heterocycles. The average Bonchev–Trinajstić information content (AvgIpc) is 2.55. The molecule has 0 bridgehead atoms. The second kappa shape index (κ2) is 8.85. The largest absolute Gasteiger partial charge is 0.508 e. The molecule has 0 amide bonds. The van der Waals surface area contributed by atoms with E-state index in [0.29, 0.717) is 17.8 Å². The van der Waals surface area contributed by atoms with E-state index in [9.17, 15) is 10.2 Å². The third kappa shape index (κ3) is 5.21. The van der Waals surface area contributed by atoms with E-state index in [1.807, 2.05) is 24.3 Å². The minimum absolute atomic E-state index is 0. The molecule has 6 heteroatoms. The monoisotopic (exact) mass is 456 g/mol. The van der Waals surface area contributed by atoms with Gasteiger partial charge < -0.3 is 20.8 Å². The van der Waals surface area contributed by atoms with Crippen LogP contribution in [-0.2, 0) is 12.8 Å². The molecule has 1 aliphatic heterocycles. The van der Waals surface area contributed by atoms with Gasteiger partial charge in [0.1, 0.15) is 11.5 Å². The van der Waals surface area contributed by atoms with Crippen molar-refractivity contribution >= 4 is 32.9 Å². The van der Waals surface area contributed by atoms with Gasteiger partial charge >= 0.3 is 0 Å². The molecule has 2 unspecified atom stereocenters. The number of benzene rings is 2. The highest BCUT2D eigenvalue weighted by atomic mass is 79.9. The van der Waals surface area contributed by atoms with Crippen LogP contribution in [-0.4, -0.2) is 35.4 Å². The van der Waals surface area contributed by atoms with Gasteiger partial charge in [0.15, 0.2) is 0 Å². The number of hydrogen-bond acceptors (Lipinski definition) is 4. The molecule has 1 fully saturated rings. The van der Waals surface area contributed by atoms with Gasteiger partial charge in [-0.05, 0) is 64.2 Å². The maximum absolute atomic E-state index is 9.55. The molecule has 2 aromatic rings. The van der Waals surface area contributed by atoms with Crippen molar-refractivity contribution in [3.05, 3.63) is 58.1 Å². The highest BCUT2D eigenvalue weighted by Crippen LogP contribution is 2.25. The van der Waals surface area contributed by atoms with Crippen molar-refractivity contribution in [2.45, 2.75) is 24.9 Å². The third-order valence-corrected chi connectivity index (χ3v) is 4.85. The van der Waals surface area contributed by atoms with Gasteiger partial charge in [-0.25, -0.2) is 0 Å². The summed E-state index contributed by atoms with van der Waals surface area (Å²) in [6, 6.07) is 13.9. The van der Waals surface area contributed by atoms with Crippen LogP contribution in [0.3, 0.4) is 0 Å². The Morgan fingerprint density at radius 3 is 1.96 bits per heavy atom. The fourth-order valence-electron chi connectivity index (χ4n) is 2.93. The fourth-order valence-corrected chi connectivity index (χ4v) is 3.36. The van der Waals surface area contributed by atoms with E-state index in [4.69, 9.17) is 0 Å². The summed E-state index contributed by atoms with van der Waals surface area (Å²) in [7, 11) is 0. The van der Waals surface area contributed by atoms with Crippen molar-refractivity contribution in [2.75, 3.05) is 13.1 Å². The Labute approximate surface area is 161 Å². The summed E-state index contributed by atoms with van der Waals surface area (Å²) < 4.78 is 0.740. The molecule has 4 N–H and O–H groups in total. The van der Waals surface area contributed by atoms with Crippen molar-refractivity contribution in [3.63, 3.8) is 0 Å². The number of rotatable bonds is 4. The van der Waals surface area contributed by atoms with Gasteiger partial charge in [-0.3, -0.25) is 0 Å². The molecule has 0 aliphatic carbocycles. The lowest BCUT2D eigenvalue weighted by molar-refractivity contribution is 0.342. The predicted molar refractivity (Wildman–Crippen MR) is 105 cm³/mol. The van der Waals surface area contributed by atoms with Gasteiger partial charge in [-0.1, -0.05) is 18.2 Å². The molecule has 0 saturated carbocycles. The Morgan fingerprint density at radius 1 is 0.875 bits per heavy atom. The van der Waals surface area contributed by atoms with E-state index in [-0.39, 0.29) is 22.7 Å². The molecule has 0 spiro atoms. The summed E-state index contributed by atoms with van der Waals surface area (Å²) in [6.07, 6.45) is 1.88. The number of phenols is 2. The van der Waals surface area contributed by atoms with E-state index in [1.165, 1.54) is 11.1 Å². The van der Waals surface area contributed by atoms with Crippen LogP contribution in [0.5, 0.6) is 11.5 Å². The van der Waals surface area contributed by atoms with Crippen molar-refractivity contribution < 1.29 is 10.2 Å². The normalized spacial score (nSPS) is 20.4. The van der Waals surface area contributed by atoms with E-state index < -0.39 is 0 Å². The van der Waals surface area contributed by atoms with Crippen molar-refractivity contribution in [3.8, 4) is 11.5 Å². The number of nitrogens with one attached hydrogen (secondary N) is 2. The molecule has 2 atom stereocenters. The molecule has 4 nitrogen and oxygen atoms in total. The molecule has 0 radical (unpaired) electrons. The van der Waals surface area contributed by atoms with Crippen LogP contribution in [0, 0.1) is 0 Å². The lowest BCUT2D eigenvalue weighted by atomic mass is 10.00. The molecule has 3 rings (SSSR count). The second-order valence-electron chi connectivity index (χ2n) is 6.07. The first-order valence-corrected chi connectivity index (χ1v) is 8.61. The number of aromatic hydroxyl groups is 2. The third-order valence-electron chi connectivity index (χ3n) is 4.22. The number of phenolic OH excluding ortho intramolecular Hbond substituents is 2. The molecule has 0 aromatic heterocycles.